The van der Waals surface area contributed by atoms with Crippen LogP contribution in [-0.4, -0.2) is 55.7 Å². The predicted molar refractivity (Wildman–Crippen MR) is 92.0 cm³/mol. The second-order valence-corrected chi connectivity index (χ2v) is 8.57. The number of carboxylic acid groups (broad SMARTS) is 1. The van der Waals surface area contributed by atoms with Crippen LogP contribution in [0.4, 0.5) is 0 Å². The molecule has 0 aliphatic carbocycles. The standard InChI is InChI=1S/C17H23NO6S/c19-15(18-17(11-16(20)21)8-9-24-13-17)12-25(22,23)10-4-7-14-5-2-1-3-6-14/h1-3,5-6H,4,7-13H2,(H,18,19)(H,20,21). The van der Waals surface area contributed by atoms with Gasteiger partial charge in [0.25, 0.3) is 0 Å². The molecule has 2 rings (SSSR count). The zero-order valence-corrected chi connectivity index (χ0v) is 14.8. The lowest BCUT2D eigenvalue weighted by Crippen LogP contribution is -2.52. The Morgan fingerprint density at radius 2 is 1.96 bits per heavy atom. The van der Waals surface area contributed by atoms with Crippen LogP contribution in [0.5, 0.6) is 0 Å². The summed E-state index contributed by atoms with van der Waals surface area (Å²) in [7, 11) is -3.55. The van der Waals surface area contributed by atoms with Crippen LogP contribution in [0.3, 0.4) is 0 Å². The van der Waals surface area contributed by atoms with Crippen LogP contribution >= 0.6 is 0 Å². The molecule has 0 bridgehead atoms. The number of hydrogen-bond donors (Lipinski definition) is 2. The van der Waals surface area contributed by atoms with Gasteiger partial charge in [-0.05, 0) is 24.8 Å². The molecule has 0 saturated carbocycles. The molecule has 1 unspecified atom stereocenters. The van der Waals surface area contributed by atoms with Gasteiger partial charge in [0.15, 0.2) is 9.84 Å². The van der Waals surface area contributed by atoms with Gasteiger partial charge in [-0.15, -0.1) is 0 Å². The second-order valence-electron chi connectivity index (χ2n) is 6.38. The molecule has 1 aliphatic heterocycles. The molecular formula is C17H23NO6S. The van der Waals surface area contributed by atoms with Crippen LogP contribution in [0.1, 0.15) is 24.8 Å². The molecule has 7 nitrogen and oxygen atoms in total. The van der Waals surface area contributed by atoms with Gasteiger partial charge in [-0.2, -0.15) is 0 Å². The quantitative estimate of drug-likeness (QED) is 0.666. The van der Waals surface area contributed by atoms with E-state index in [1.165, 1.54) is 0 Å². The van der Waals surface area contributed by atoms with Gasteiger partial charge in [-0.1, -0.05) is 30.3 Å². The summed E-state index contributed by atoms with van der Waals surface area (Å²) in [6.45, 7) is 0.427. The maximum atomic E-state index is 12.1. The average molecular weight is 369 g/mol. The van der Waals surface area contributed by atoms with Gasteiger partial charge in [0.1, 0.15) is 5.75 Å². The Balaban J connectivity index is 1.84. The summed E-state index contributed by atoms with van der Waals surface area (Å²) in [5.41, 5.74) is 0.0355. The average Bonchev–Trinajstić information content (AvgIpc) is 2.94. The van der Waals surface area contributed by atoms with Gasteiger partial charge in [-0.3, -0.25) is 9.59 Å². The number of aryl methyl sites for hydroxylation is 1. The highest BCUT2D eigenvalue weighted by atomic mass is 32.2. The third-order valence-electron chi connectivity index (χ3n) is 4.11. The van der Waals surface area contributed by atoms with Crippen LogP contribution < -0.4 is 5.32 Å². The molecule has 1 atom stereocenters. The molecule has 2 N–H and O–H groups in total. The number of aliphatic carboxylic acids is 1. The molecule has 1 aliphatic rings. The molecule has 25 heavy (non-hydrogen) atoms. The predicted octanol–water partition coefficient (Wildman–Crippen LogP) is 0.784. The van der Waals surface area contributed by atoms with E-state index < -0.39 is 33.0 Å². The largest absolute Gasteiger partial charge is 0.481 e. The molecule has 1 heterocycles. The summed E-state index contributed by atoms with van der Waals surface area (Å²) in [6, 6.07) is 9.53. The maximum Gasteiger partial charge on any atom is 0.305 e. The van der Waals surface area contributed by atoms with E-state index in [4.69, 9.17) is 9.84 Å². The van der Waals surface area contributed by atoms with E-state index in [1.807, 2.05) is 30.3 Å². The molecule has 0 aromatic heterocycles. The van der Waals surface area contributed by atoms with E-state index in [0.717, 1.165) is 5.56 Å². The molecule has 8 heteroatoms. The number of hydrogen-bond acceptors (Lipinski definition) is 5. The third kappa shape index (κ3) is 6.47. The Bertz CT molecular complexity index is 695. The molecule has 0 spiro atoms. The summed E-state index contributed by atoms with van der Waals surface area (Å²) in [5, 5.41) is 11.5. The summed E-state index contributed by atoms with van der Waals surface area (Å²) < 4.78 is 29.4. The van der Waals surface area contributed by atoms with E-state index >= 15 is 0 Å². The Morgan fingerprint density at radius 3 is 2.56 bits per heavy atom. The van der Waals surface area contributed by atoms with Crippen molar-refractivity contribution in [3.63, 3.8) is 0 Å². The molecule has 1 amide bonds. The van der Waals surface area contributed by atoms with E-state index in [-0.39, 0.29) is 18.8 Å². The van der Waals surface area contributed by atoms with Crippen molar-refractivity contribution in [2.24, 2.45) is 0 Å². The first-order chi connectivity index (χ1) is 11.8. The molecule has 1 fully saturated rings. The first-order valence-corrected chi connectivity index (χ1v) is 9.97. The normalized spacial score (nSPS) is 20.3. The van der Waals surface area contributed by atoms with Crippen LogP contribution in [0.2, 0.25) is 0 Å². The topological polar surface area (TPSA) is 110 Å². The van der Waals surface area contributed by atoms with Gasteiger partial charge < -0.3 is 15.2 Å². The molecule has 0 radical (unpaired) electrons. The van der Waals surface area contributed by atoms with Crippen molar-refractivity contribution in [1.82, 2.24) is 5.32 Å². The van der Waals surface area contributed by atoms with Crippen molar-refractivity contribution >= 4 is 21.7 Å². The number of ether oxygens (including phenoxy) is 1. The number of sulfone groups is 1. The molecule has 1 aromatic rings. The van der Waals surface area contributed by atoms with Gasteiger partial charge >= 0.3 is 5.97 Å². The van der Waals surface area contributed by atoms with Gasteiger partial charge in [0.2, 0.25) is 5.91 Å². The number of carbonyl (C=O) groups excluding carboxylic acids is 1. The number of benzene rings is 1. The van der Waals surface area contributed by atoms with Crippen molar-refractivity contribution < 1.29 is 27.9 Å². The number of carboxylic acids is 1. The molecular weight excluding hydrogens is 346 g/mol. The fourth-order valence-electron chi connectivity index (χ4n) is 2.92. The lowest BCUT2D eigenvalue weighted by atomic mass is 9.94. The minimum Gasteiger partial charge on any atom is -0.481 e. The second kappa shape index (κ2) is 8.44. The zero-order chi connectivity index (χ0) is 18.3. The van der Waals surface area contributed by atoms with E-state index in [9.17, 15) is 18.0 Å². The lowest BCUT2D eigenvalue weighted by Gasteiger charge is -2.26. The smallest absolute Gasteiger partial charge is 0.305 e. The minimum absolute atomic E-state index is 0.0824. The van der Waals surface area contributed by atoms with Crippen molar-refractivity contribution in [1.29, 1.82) is 0 Å². The highest BCUT2D eigenvalue weighted by molar-refractivity contribution is 7.92. The summed E-state index contributed by atoms with van der Waals surface area (Å²) >= 11 is 0. The molecule has 138 valence electrons. The maximum absolute atomic E-state index is 12.1. The first-order valence-electron chi connectivity index (χ1n) is 8.15. The fourth-order valence-corrected chi connectivity index (χ4v) is 4.12. The Morgan fingerprint density at radius 1 is 1.24 bits per heavy atom. The summed E-state index contributed by atoms with van der Waals surface area (Å²) in [4.78, 5) is 23.1. The number of amides is 1. The Kier molecular flexibility index (Phi) is 6.55. The van der Waals surface area contributed by atoms with Gasteiger partial charge in [0, 0.05) is 6.61 Å². The summed E-state index contributed by atoms with van der Waals surface area (Å²) in [5.74, 6) is -2.45. The minimum atomic E-state index is -3.55. The third-order valence-corrected chi connectivity index (χ3v) is 5.72. The van der Waals surface area contributed by atoms with Gasteiger partial charge in [-0.25, -0.2) is 8.42 Å². The Hall–Kier alpha value is -1.93. The van der Waals surface area contributed by atoms with E-state index in [0.29, 0.717) is 25.9 Å². The zero-order valence-electron chi connectivity index (χ0n) is 13.9. The lowest BCUT2D eigenvalue weighted by molar-refractivity contribution is -0.139. The van der Waals surface area contributed by atoms with Crippen molar-refractivity contribution in [3.8, 4) is 0 Å². The highest BCUT2D eigenvalue weighted by Crippen LogP contribution is 2.22. The molecule has 1 saturated heterocycles. The Labute approximate surface area is 147 Å². The van der Waals surface area contributed by atoms with Crippen LogP contribution in [0.15, 0.2) is 30.3 Å². The fraction of sp³-hybridized carbons (Fsp3) is 0.529. The number of nitrogens with one attached hydrogen (secondary N) is 1. The van der Waals surface area contributed by atoms with E-state index in [2.05, 4.69) is 5.32 Å². The number of rotatable bonds is 9. The van der Waals surface area contributed by atoms with E-state index in [1.54, 1.807) is 0 Å². The van der Waals surface area contributed by atoms with Crippen molar-refractivity contribution in [2.45, 2.75) is 31.2 Å². The van der Waals surface area contributed by atoms with Gasteiger partial charge in [0.05, 0.1) is 24.3 Å². The first kappa shape index (κ1) is 19.4. The van der Waals surface area contributed by atoms with Crippen LogP contribution in [0.25, 0.3) is 0 Å². The van der Waals surface area contributed by atoms with Crippen molar-refractivity contribution in [3.05, 3.63) is 35.9 Å². The highest BCUT2D eigenvalue weighted by Gasteiger charge is 2.39. The van der Waals surface area contributed by atoms with Crippen molar-refractivity contribution in [2.75, 3.05) is 24.7 Å². The SMILES string of the molecule is O=C(O)CC1(NC(=O)CS(=O)(=O)CCCc2ccccc2)CCOC1. The molecule has 1 aromatic carbocycles. The van der Waals surface area contributed by atoms with Crippen LogP contribution in [-0.2, 0) is 30.6 Å². The monoisotopic (exact) mass is 369 g/mol. The number of carbonyl (C=O) groups is 2. The van der Waals surface area contributed by atoms with Crippen LogP contribution in [0, 0.1) is 0 Å². The summed E-state index contributed by atoms with van der Waals surface area (Å²) in [6.07, 6.45) is 1.13.